The van der Waals surface area contributed by atoms with Gasteiger partial charge in [-0.25, -0.2) is 17.5 Å². The van der Waals surface area contributed by atoms with Crippen LogP contribution in [0, 0.1) is 5.82 Å². The molecular weight excluding hydrogens is 338 g/mol. The largest absolute Gasteiger partial charge is 0.396 e. The molecule has 0 atom stereocenters. The number of rotatable bonds is 4. The summed E-state index contributed by atoms with van der Waals surface area (Å²) in [6.45, 7) is -0.201. The Kier molecular flexibility index (Phi) is 4.73. The lowest BCUT2D eigenvalue weighted by Gasteiger charge is -2.11. The van der Waals surface area contributed by atoms with Crippen LogP contribution in [0.1, 0.15) is 5.56 Å². The number of nitrogen functional groups attached to an aromatic ring is 1. The lowest BCUT2D eigenvalue weighted by molar-refractivity contribution is 0.574. The van der Waals surface area contributed by atoms with Crippen LogP contribution in [0.25, 0.3) is 0 Å². The Bertz CT molecular complexity index is 782. The first-order valence-corrected chi connectivity index (χ1v) is 8.03. The molecule has 0 saturated carbocycles. The second-order valence-corrected chi connectivity index (χ2v) is 6.71. The van der Waals surface area contributed by atoms with Crippen molar-refractivity contribution >= 4 is 38.9 Å². The van der Waals surface area contributed by atoms with Crippen LogP contribution in [0.4, 0.5) is 10.1 Å². The smallest absolute Gasteiger partial charge is 0.242 e. The predicted octanol–water partition coefficient (Wildman–Crippen LogP) is 3.19. The zero-order chi connectivity index (χ0) is 15.6. The Labute approximate surface area is 131 Å². The summed E-state index contributed by atoms with van der Waals surface area (Å²) in [5.41, 5.74) is 5.79. The highest BCUT2D eigenvalue weighted by molar-refractivity contribution is 7.89. The third-order valence-corrected chi connectivity index (χ3v) is 5.08. The molecule has 21 heavy (non-hydrogen) atoms. The van der Waals surface area contributed by atoms with Crippen molar-refractivity contribution < 1.29 is 12.8 Å². The van der Waals surface area contributed by atoms with Gasteiger partial charge >= 0.3 is 0 Å². The van der Waals surface area contributed by atoms with Crippen molar-refractivity contribution in [1.29, 1.82) is 0 Å². The standard InChI is InChI=1S/C13H11Cl2FN2O2S/c14-9-5-6-11(12(15)13(9)17)21(19,20)18-7-8-3-1-2-4-10(8)16/h1-6,18H,7,17H2. The molecule has 3 N–H and O–H groups in total. The van der Waals surface area contributed by atoms with Crippen molar-refractivity contribution in [3.05, 3.63) is 57.8 Å². The van der Waals surface area contributed by atoms with E-state index in [0.29, 0.717) is 0 Å². The molecule has 0 unspecified atom stereocenters. The molecular formula is C13H11Cl2FN2O2S. The normalized spacial score (nSPS) is 11.6. The van der Waals surface area contributed by atoms with Crippen molar-refractivity contribution in [2.24, 2.45) is 0 Å². The molecule has 0 fully saturated rings. The van der Waals surface area contributed by atoms with Crippen LogP contribution in [0.2, 0.25) is 10.0 Å². The van der Waals surface area contributed by atoms with Gasteiger partial charge in [-0.3, -0.25) is 0 Å². The molecule has 0 aliphatic carbocycles. The van der Waals surface area contributed by atoms with E-state index in [9.17, 15) is 12.8 Å². The van der Waals surface area contributed by atoms with Gasteiger partial charge in [0.1, 0.15) is 10.7 Å². The van der Waals surface area contributed by atoms with Crippen LogP contribution in [0.15, 0.2) is 41.3 Å². The number of nitrogens with two attached hydrogens (primary N) is 1. The summed E-state index contributed by atoms with van der Waals surface area (Å²) in [4.78, 5) is -0.206. The molecule has 2 aromatic carbocycles. The molecule has 0 spiro atoms. The highest BCUT2D eigenvalue weighted by atomic mass is 35.5. The maximum atomic E-state index is 13.5. The molecule has 0 heterocycles. The summed E-state index contributed by atoms with van der Waals surface area (Å²) < 4.78 is 40.1. The van der Waals surface area contributed by atoms with E-state index >= 15 is 0 Å². The molecule has 2 rings (SSSR count). The second-order valence-electron chi connectivity index (χ2n) is 4.19. The molecule has 0 radical (unpaired) electrons. The van der Waals surface area contributed by atoms with Crippen LogP contribution in [-0.4, -0.2) is 8.42 Å². The molecule has 2 aromatic rings. The average Bonchev–Trinajstić information content (AvgIpc) is 2.44. The summed E-state index contributed by atoms with van der Waals surface area (Å²) in [6.07, 6.45) is 0. The van der Waals surface area contributed by atoms with E-state index in [1.54, 1.807) is 6.07 Å². The van der Waals surface area contributed by atoms with Crippen molar-refractivity contribution in [2.75, 3.05) is 5.73 Å². The van der Waals surface area contributed by atoms with Gasteiger partial charge in [0, 0.05) is 12.1 Å². The third-order valence-electron chi connectivity index (χ3n) is 2.79. The van der Waals surface area contributed by atoms with Crippen LogP contribution < -0.4 is 10.5 Å². The van der Waals surface area contributed by atoms with Gasteiger partial charge in [-0.1, -0.05) is 41.4 Å². The van der Waals surface area contributed by atoms with E-state index in [4.69, 9.17) is 28.9 Å². The molecule has 8 heteroatoms. The molecule has 4 nitrogen and oxygen atoms in total. The summed E-state index contributed by atoms with van der Waals surface area (Å²) in [5.74, 6) is -0.498. The number of sulfonamides is 1. The average molecular weight is 349 g/mol. The number of hydrogen-bond acceptors (Lipinski definition) is 3. The maximum Gasteiger partial charge on any atom is 0.242 e. The van der Waals surface area contributed by atoms with Gasteiger partial charge in [-0.15, -0.1) is 0 Å². The monoisotopic (exact) mass is 348 g/mol. The second kappa shape index (κ2) is 6.19. The number of hydrogen-bond donors (Lipinski definition) is 2. The van der Waals surface area contributed by atoms with Crippen molar-refractivity contribution in [1.82, 2.24) is 4.72 Å². The van der Waals surface area contributed by atoms with Gasteiger partial charge in [0.15, 0.2) is 0 Å². The topological polar surface area (TPSA) is 72.2 Å². The Morgan fingerprint density at radius 2 is 1.81 bits per heavy atom. The fourth-order valence-electron chi connectivity index (χ4n) is 1.65. The zero-order valence-corrected chi connectivity index (χ0v) is 12.9. The molecule has 0 saturated heterocycles. The van der Waals surface area contributed by atoms with E-state index in [-0.39, 0.29) is 32.7 Å². The summed E-state index contributed by atoms with van der Waals surface area (Å²) in [5, 5.41) is -0.00316. The fourth-order valence-corrected chi connectivity index (χ4v) is 3.42. The SMILES string of the molecule is Nc1c(Cl)ccc(S(=O)(=O)NCc2ccccc2F)c1Cl. The summed E-state index contributed by atoms with van der Waals surface area (Å²) in [7, 11) is -3.93. The Morgan fingerprint density at radius 3 is 2.48 bits per heavy atom. The number of benzene rings is 2. The minimum absolute atomic E-state index is 0.0212. The summed E-state index contributed by atoms with van der Waals surface area (Å²) >= 11 is 11.6. The minimum atomic E-state index is -3.93. The van der Waals surface area contributed by atoms with E-state index < -0.39 is 15.8 Å². The Hall–Kier alpha value is -1.34. The van der Waals surface area contributed by atoms with Crippen molar-refractivity contribution in [3.8, 4) is 0 Å². The van der Waals surface area contributed by atoms with E-state index in [0.717, 1.165) is 0 Å². The number of anilines is 1. The van der Waals surface area contributed by atoms with E-state index in [2.05, 4.69) is 4.72 Å². The predicted molar refractivity (Wildman–Crippen MR) is 81.3 cm³/mol. The van der Waals surface area contributed by atoms with Crippen LogP contribution >= 0.6 is 23.2 Å². The zero-order valence-electron chi connectivity index (χ0n) is 10.6. The van der Waals surface area contributed by atoms with E-state index in [1.807, 2.05) is 0 Å². The van der Waals surface area contributed by atoms with Gasteiger partial charge in [-0.05, 0) is 18.2 Å². The third kappa shape index (κ3) is 3.47. The molecule has 112 valence electrons. The van der Waals surface area contributed by atoms with Gasteiger partial charge < -0.3 is 5.73 Å². The first-order valence-electron chi connectivity index (χ1n) is 5.79. The Morgan fingerprint density at radius 1 is 1.14 bits per heavy atom. The minimum Gasteiger partial charge on any atom is -0.396 e. The van der Waals surface area contributed by atoms with E-state index in [1.165, 1.54) is 30.3 Å². The number of nitrogens with one attached hydrogen (secondary N) is 1. The molecule has 0 amide bonds. The van der Waals surface area contributed by atoms with Gasteiger partial charge in [-0.2, -0.15) is 0 Å². The highest BCUT2D eigenvalue weighted by Gasteiger charge is 2.20. The van der Waals surface area contributed by atoms with Crippen LogP contribution in [-0.2, 0) is 16.6 Å². The number of halogens is 3. The van der Waals surface area contributed by atoms with Gasteiger partial charge in [0.2, 0.25) is 10.0 Å². The van der Waals surface area contributed by atoms with Crippen LogP contribution in [0.5, 0.6) is 0 Å². The quantitative estimate of drug-likeness (QED) is 0.833. The highest BCUT2D eigenvalue weighted by Crippen LogP contribution is 2.33. The summed E-state index contributed by atoms with van der Waals surface area (Å²) in [6, 6.07) is 8.43. The van der Waals surface area contributed by atoms with Crippen molar-refractivity contribution in [3.63, 3.8) is 0 Å². The lowest BCUT2D eigenvalue weighted by Crippen LogP contribution is -2.24. The molecule has 0 bridgehead atoms. The van der Waals surface area contributed by atoms with Crippen LogP contribution in [0.3, 0.4) is 0 Å². The maximum absolute atomic E-state index is 13.5. The molecule has 0 aliphatic rings. The lowest BCUT2D eigenvalue weighted by atomic mass is 10.2. The molecule has 0 aromatic heterocycles. The van der Waals surface area contributed by atoms with Gasteiger partial charge in [0.25, 0.3) is 0 Å². The fraction of sp³-hybridized carbons (Fsp3) is 0.0769. The van der Waals surface area contributed by atoms with Crippen molar-refractivity contribution in [2.45, 2.75) is 11.4 Å². The first kappa shape index (κ1) is 16.0. The first-order chi connectivity index (χ1) is 9.83. The molecule has 0 aliphatic heterocycles. The van der Waals surface area contributed by atoms with Gasteiger partial charge in [0.05, 0.1) is 15.7 Å². The Balaban J connectivity index is 2.28.